The third kappa shape index (κ3) is 2.98. The fourth-order valence-electron chi connectivity index (χ4n) is 1.65. The van der Waals surface area contributed by atoms with Crippen LogP contribution in [0, 0.1) is 0 Å². The van der Waals surface area contributed by atoms with Gasteiger partial charge < -0.3 is 5.32 Å². The third-order valence-corrected chi connectivity index (χ3v) is 2.85. The van der Waals surface area contributed by atoms with Crippen molar-refractivity contribution >= 4 is 17.2 Å². The van der Waals surface area contributed by atoms with E-state index < -0.39 is 11.7 Å². The van der Waals surface area contributed by atoms with Crippen LogP contribution < -0.4 is 5.32 Å². The number of alkyl halides is 3. The van der Waals surface area contributed by atoms with Gasteiger partial charge in [-0.25, -0.2) is 0 Å². The Kier molecular flexibility index (Phi) is 3.96. The van der Waals surface area contributed by atoms with Crippen molar-refractivity contribution in [2.75, 3.05) is 6.54 Å². The lowest BCUT2D eigenvalue weighted by Gasteiger charge is -2.09. The average Bonchev–Trinajstić information content (AvgIpc) is 2.72. The third-order valence-electron chi connectivity index (χ3n) is 2.57. The van der Waals surface area contributed by atoms with Crippen LogP contribution in [-0.2, 0) is 12.7 Å². The van der Waals surface area contributed by atoms with Gasteiger partial charge >= 0.3 is 6.18 Å². The van der Waals surface area contributed by atoms with E-state index in [1.54, 1.807) is 0 Å². The van der Waals surface area contributed by atoms with Crippen molar-refractivity contribution in [1.82, 2.24) is 19.9 Å². The van der Waals surface area contributed by atoms with Crippen LogP contribution in [0.1, 0.15) is 24.7 Å². The molecular weight excluding hydrogens is 281 g/mol. The van der Waals surface area contributed by atoms with Crippen LogP contribution in [0.15, 0.2) is 12.3 Å². The van der Waals surface area contributed by atoms with E-state index in [1.807, 2.05) is 6.92 Å². The van der Waals surface area contributed by atoms with E-state index in [4.69, 9.17) is 11.6 Å². The highest BCUT2D eigenvalue weighted by Crippen LogP contribution is 2.32. The summed E-state index contributed by atoms with van der Waals surface area (Å²) in [4.78, 5) is 0. The molecule has 2 heterocycles. The average molecular weight is 293 g/mol. The molecule has 1 N–H and O–H groups in total. The molecule has 0 atom stereocenters. The van der Waals surface area contributed by atoms with Crippen LogP contribution in [0.3, 0.4) is 0 Å². The largest absolute Gasteiger partial charge is 0.417 e. The van der Waals surface area contributed by atoms with E-state index in [1.165, 1.54) is 4.40 Å². The first kappa shape index (κ1) is 14.1. The van der Waals surface area contributed by atoms with E-state index >= 15 is 0 Å². The topological polar surface area (TPSA) is 42.2 Å². The van der Waals surface area contributed by atoms with Crippen molar-refractivity contribution in [3.8, 4) is 0 Å². The molecule has 0 aromatic carbocycles. The molecule has 0 radical (unpaired) electrons. The van der Waals surface area contributed by atoms with Gasteiger partial charge in [0, 0.05) is 6.20 Å². The summed E-state index contributed by atoms with van der Waals surface area (Å²) in [6, 6.07) is 0.856. The van der Waals surface area contributed by atoms with Gasteiger partial charge in [0.1, 0.15) is 0 Å². The van der Waals surface area contributed by atoms with Crippen molar-refractivity contribution < 1.29 is 13.2 Å². The highest BCUT2D eigenvalue weighted by molar-refractivity contribution is 6.33. The van der Waals surface area contributed by atoms with Crippen molar-refractivity contribution in [3.05, 3.63) is 28.7 Å². The highest BCUT2D eigenvalue weighted by atomic mass is 35.5. The predicted molar refractivity (Wildman–Crippen MR) is 65.0 cm³/mol. The zero-order valence-corrected chi connectivity index (χ0v) is 10.9. The maximum absolute atomic E-state index is 12.7. The minimum absolute atomic E-state index is 0.0657. The van der Waals surface area contributed by atoms with Crippen LogP contribution in [0.2, 0.25) is 5.02 Å². The summed E-state index contributed by atoms with van der Waals surface area (Å²) in [7, 11) is 0. The molecule has 0 fully saturated rings. The Balaban J connectivity index is 2.42. The van der Waals surface area contributed by atoms with Crippen molar-refractivity contribution in [1.29, 1.82) is 0 Å². The van der Waals surface area contributed by atoms with Gasteiger partial charge in [-0.15, -0.1) is 10.2 Å². The molecule has 0 aliphatic carbocycles. The van der Waals surface area contributed by atoms with Crippen molar-refractivity contribution in [2.24, 2.45) is 0 Å². The Hall–Kier alpha value is -1.34. The summed E-state index contributed by atoms with van der Waals surface area (Å²) in [6.07, 6.45) is -2.56. The molecule has 19 heavy (non-hydrogen) atoms. The molecule has 0 saturated heterocycles. The Bertz CT molecular complexity index is 579. The van der Waals surface area contributed by atoms with Gasteiger partial charge in [0.15, 0.2) is 11.5 Å². The summed E-state index contributed by atoms with van der Waals surface area (Å²) in [5, 5.41) is 10.6. The fourth-order valence-corrected chi connectivity index (χ4v) is 1.90. The summed E-state index contributed by atoms with van der Waals surface area (Å²) in [5.41, 5.74) is -0.593. The zero-order valence-electron chi connectivity index (χ0n) is 10.1. The number of halogens is 4. The maximum Gasteiger partial charge on any atom is 0.417 e. The summed E-state index contributed by atoms with van der Waals surface area (Å²) < 4.78 is 39.4. The van der Waals surface area contributed by atoms with Gasteiger partial charge in [-0.05, 0) is 19.0 Å². The number of rotatable bonds is 4. The lowest BCUT2D eigenvalue weighted by atomic mass is 10.3. The molecule has 104 valence electrons. The van der Waals surface area contributed by atoms with Gasteiger partial charge in [0.2, 0.25) is 0 Å². The molecule has 0 saturated carbocycles. The smallest absolute Gasteiger partial charge is 0.310 e. The molecular formula is C11H12ClF3N4. The Morgan fingerprint density at radius 2 is 2.11 bits per heavy atom. The number of nitrogens with zero attached hydrogens (tertiary/aromatic N) is 3. The first-order valence-corrected chi connectivity index (χ1v) is 6.12. The molecule has 2 rings (SSSR count). The van der Waals surface area contributed by atoms with E-state index in [9.17, 15) is 13.2 Å². The molecule has 0 bridgehead atoms. The zero-order chi connectivity index (χ0) is 14.0. The SMILES string of the molecule is CCCNCc1nnc2c(Cl)cc(C(F)(F)F)cn12. The molecule has 0 aliphatic rings. The van der Waals surface area contributed by atoms with Gasteiger partial charge in [0.25, 0.3) is 0 Å². The molecule has 0 spiro atoms. The molecule has 0 aliphatic heterocycles. The number of nitrogens with one attached hydrogen (secondary N) is 1. The predicted octanol–water partition coefficient (Wildman–Crippen LogP) is 2.90. The molecule has 2 aromatic heterocycles. The number of hydrogen-bond acceptors (Lipinski definition) is 3. The minimum atomic E-state index is -4.45. The van der Waals surface area contributed by atoms with Crippen LogP contribution in [0.25, 0.3) is 5.65 Å². The fraction of sp³-hybridized carbons (Fsp3) is 0.455. The van der Waals surface area contributed by atoms with Crippen molar-refractivity contribution in [3.63, 3.8) is 0 Å². The van der Waals surface area contributed by atoms with Crippen LogP contribution in [-0.4, -0.2) is 21.1 Å². The molecule has 0 unspecified atom stereocenters. The molecule has 0 amide bonds. The lowest BCUT2D eigenvalue weighted by Crippen LogP contribution is -2.16. The summed E-state index contributed by atoms with van der Waals surface area (Å²) in [6.45, 7) is 3.09. The van der Waals surface area contributed by atoms with Gasteiger partial charge in [0.05, 0.1) is 17.1 Å². The second-order valence-electron chi connectivity index (χ2n) is 4.06. The maximum atomic E-state index is 12.7. The summed E-state index contributed by atoms with van der Waals surface area (Å²) >= 11 is 5.80. The summed E-state index contributed by atoms with van der Waals surface area (Å²) in [5.74, 6) is 0.399. The normalized spacial score (nSPS) is 12.3. The Morgan fingerprint density at radius 3 is 2.74 bits per heavy atom. The van der Waals surface area contributed by atoms with Gasteiger partial charge in [-0.2, -0.15) is 13.2 Å². The monoisotopic (exact) mass is 292 g/mol. The Morgan fingerprint density at radius 1 is 1.37 bits per heavy atom. The number of hydrogen-bond donors (Lipinski definition) is 1. The van der Waals surface area contributed by atoms with Gasteiger partial charge in [-0.3, -0.25) is 4.40 Å². The van der Waals surface area contributed by atoms with Crippen LogP contribution >= 0.6 is 11.6 Å². The van der Waals surface area contributed by atoms with Gasteiger partial charge in [-0.1, -0.05) is 18.5 Å². The quantitative estimate of drug-likeness (QED) is 0.881. The molecule has 8 heteroatoms. The standard InChI is InChI=1S/C11H12ClF3N4/c1-2-3-16-5-9-17-18-10-8(12)4-7(6-19(9)10)11(13,14)15/h4,6,16H,2-3,5H2,1H3. The highest BCUT2D eigenvalue weighted by Gasteiger charge is 2.32. The number of pyridine rings is 1. The van der Waals surface area contributed by atoms with E-state index in [0.29, 0.717) is 12.4 Å². The van der Waals surface area contributed by atoms with Crippen molar-refractivity contribution in [2.45, 2.75) is 26.1 Å². The van der Waals surface area contributed by atoms with E-state index in [0.717, 1.165) is 25.2 Å². The number of aromatic nitrogens is 3. The Labute approximate surface area is 112 Å². The van der Waals surface area contributed by atoms with E-state index in [-0.39, 0.29) is 10.7 Å². The van der Waals surface area contributed by atoms with Crippen LogP contribution in [0.4, 0.5) is 13.2 Å². The van der Waals surface area contributed by atoms with Crippen LogP contribution in [0.5, 0.6) is 0 Å². The lowest BCUT2D eigenvalue weighted by molar-refractivity contribution is -0.137. The second-order valence-corrected chi connectivity index (χ2v) is 4.47. The molecule has 2 aromatic rings. The first-order chi connectivity index (χ1) is 8.93. The first-order valence-electron chi connectivity index (χ1n) is 5.74. The number of fused-ring (bicyclic) bond motifs is 1. The molecule has 4 nitrogen and oxygen atoms in total. The second kappa shape index (κ2) is 5.34. The van der Waals surface area contributed by atoms with E-state index in [2.05, 4.69) is 15.5 Å². The minimum Gasteiger partial charge on any atom is -0.310 e.